The molecule has 0 aliphatic rings. The number of thioether (sulfide) groups is 1. The van der Waals surface area contributed by atoms with Crippen LogP contribution in [0.3, 0.4) is 0 Å². The minimum Gasteiger partial charge on any atom is -0.480 e. The average molecular weight is 364 g/mol. The number of amides is 1. The lowest BCUT2D eigenvalue weighted by atomic mass is 10.2. The topological polar surface area (TPSA) is 66.4 Å². The van der Waals surface area contributed by atoms with E-state index in [1.54, 1.807) is 17.8 Å². The summed E-state index contributed by atoms with van der Waals surface area (Å²) >= 11 is 6.38. The van der Waals surface area contributed by atoms with Crippen LogP contribution in [0.15, 0.2) is 22.0 Å². The van der Waals surface area contributed by atoms with Gasteiger partial charge in [-0.15, -0.1) is 11.3 Å². The van der Waals surface area contributed by atoms with Crippen molar-refractivity contribution >= 4 is 57.0 Å². The molecule has 0 saturated carbocycles. The van der Waals surface area contributed by atoms with Gasteiger partial charge in [-0.2, -0.15) is 11.8 Å². The predicted octanol–water partition coefficient (Wildman–Crippen LogP) is 2.85. The Kier molecular flexibility index (Phi) is 7.19. The Morgan fingerprint density at radius 1 is 1.58 bits per heavy atom. The molecular weight excluding hydrogens is 350 g/mol. The Hall–Kier alpha value is -0.790. The zero-order valence-corrected chi connectivity index (χ0v) is 13.5. The lowest BCUT2D eigenvalue weighted by Crippen LogP contribution is -2.40. The molecule has 0 unspecified atom stereocenters. The van der Waals surface area contributed by atoms with Crippen molar-refractivity contribution in [2.75, 3.05) is 12.0 Å². The predicted molar refractivity (Wildman–Crippen MR) is 83.6 cm³/mol. The van der Waals surface area contributed by atoms with Gasteiger partial charge >= 0.3 is 5.97 Å². The molecule has 19 heavy (non-hydrogen) atoms. The fourth-order valence-electron chi connectivity index (χ4n) is 1.29. The van der Waals surface area contributed by atoms with Crippen molar-refractivity contribution in [1.82, 2.24) is 5.32 Å². The van der Waals surface area contributed by atoms with Crippen LogP contribution in [-0.2, 0) is 9.59 Å². The third-order valence-electron chi connectivity index (χ3n) is 2.22. The molecule has 0 aliphatic carbocycles. The van der Waals surface area contributed by atoms with E-state index in [1.807, 2.05) is 18.4 Å². The highest BCUT2D eigenvalue weighted by Crippen LogP contribution is 2.22. The summed E-state index contributed by atoms with van der Waals surface area (Å²) in [7, 11) is 0. The Morgan fingerprint density at radius 3 is 2.84 bits per heavy atom. The normalized spacial score (nSPS) is 12.5. The van der Waals surface area contributed by atoms with Crippen LogP contribution in [0.5, 0.6) is 0 Å². The minimum absolute atomic E-state index is 0.391. The number of thiophene rings is 1. The van der Waals surface area contributed by atoms with Crippen molar-refractivity contribution in [2.24, 2.45) is 0 Å². The van der Waals surface area contributed by atoms with Gasteiger partial charge < -0.3 is 10.4 Å². The number of carbonyl (C=O) groups excluding carboxylic acids is 1. The summed E-state index contributed by atoms with van der Waals surface area (Å²) < 4.78 is 0.982. The third-order valence-corrected chi connectivity index (χ3v) is 4.45. The molecule has 0 radical (unpaired) electrons. The molecular formula is C12H14BrNO3S2. The molecule has 0 bridgehead atoms. The van der Waals surface area contributed by atoms with E-state index in [9.17, 15) is 9.59 Å². The Labute approximate surface area is 128 Å². The molecule has 1 amide bonds. The van der Waals surface area contributed by atoms with Crippen LogP contribution < -0.4 is 5.32 Å². The van der Waals surface area contributed by atoms with Crippen LogP contribution in [0.1, 0.15) is 11.3 Å². The molecule has 1 aromatic heterocycles. The van der Waals surface area contributed by atoms with E-state index in [0.29, 0.717) is 12.2 Å². The molecule has 0 spiro atoms. The first-order valence-corrected chi connectivity index (χ1v) is 8.49. The lowest BCUT2D eigenvalue weighted by molar-refractivity contribution is -0.141. The first kappa shape index (κ1) is 16.3. The molecule has 0 aromatic carbocycles. The number of hydrogen-bond donors (Lipinski definition) is 2. The average Bonchev–Trinajstić information content (AvgIpc) is 2.77. The smallest absolute Gasteiger partial charge is 0.326 e. The van der Waals surface area contributed by atoms with Crippen LogP contribution in [0.25, 0.3) is 6.08 Å². The quantitative estimate of drug-likeness (QED) is 0.731. The first-order chi connectivity index (χ1) is 9.02. The van der Waals surface area contributed by atoms with Gasteiger partial charge in [0.15, 0.2) is 0 Å². The summed E-state index contributed by atoms with van der Waals surface area (Å²) in [5, 5.41) is 11.5. The van der Waals surface area contributed by atoms with Crippen molar-refractivity contribution in [3.05, 3.63) is 26.9 Å². The number of rotatable bonds is 7. The van der Waals surface area contributed by atoms with E-state index in [-0.39, 0.29) is 0 Å². The molecule has 0 fully saturated rings. The van der Waals surface area contributed by atoms with Gasteiger partial charge in [0.05, 0.1) is 3.79 Å². The minimum atomic E-state index is -1.00. The molecule has 0 aliphatic heterocycles. The van der Waals surface area contributed by atoms with Gasteiger partial charge in [0.25, 0.3) is 0 Å². The van der Waals surface area contributed by atoms with Crippen LogP contribution in [0.2, 0.25) is 0 Å². The van der Waals surface area contributed by atoms with Gasteiger partial charge in [-0.3, -0.25) is 4.79 Å². The second kappa shape index (κ2) is 8.39. The van der Waals surface area contributed by atoms with Crippen molar-refractivity contribution in [3.63, 3.8) is 0 Å². The number of carbonyl (C=O) groups is 2. The van der Waals surface area contributed by atoms with E-state index >= 15 is 0 Å². The van der Waals surface area contributed by atoms with Crippen molar-refractivity contribution in [1.29, 1.82) is 0 Å². The van der Waals surface area contributed by atoms with Gasteiger partial charge in [0, 0.05) is 11.0 Å². The van der Waals surface area contributed by atoms with Crippen LogP contribution in [0, 0.1) is 0 Å². The van der Waals surface area contributed by atoms with Crippen molar-refractivity contribution in [2.45, 2.75) is 12.5 Å². The van der Waals surface area contributed by atoms with Crippen LogP contribution in [-0.4, -0.2) is 35.0 Å². The number of carboxylic acids is 1. The maximum absolute atomic E-state index is 11.6. The zero-order chi connectivity index (χ0) is 14.3. The molecule has 1 atom stereocenters. The maximum atomic E-state index is 11.6. The summed E-state index contributed by atoms with van der Waals surface area (Å²) in [5.74, 6) is -0.702. The number of carboxylic acid groups (broad SMARTS) is 1. The third kappa shape index (κ3) is 6.26. The van der Waals surface area contributed by atoms with Crippen LogP contribution >= 0.6 is 39.0 Å². The summed E-state index contributed by atoms with van der Waals surface area (Å²) in [6.45, 7) is 0. The lowest BCUT2D eigenvalue weighted by Gasteiger charge is -2.12. The summed E-state index contributed by atoms with van der Waals surface area (Å²) in [6.07, 6.45) is 5.33. The molecule has 0 saturated heterocycles. The summed E-state index contributed by atoms with van der Waals surface area (Å²) in [6, 6.07) is 2.93. The highest BCUT2D eigenvalue weighted by molar-refractivity contribution is 9.11. The molecule has 1 rings (SSSR count). The summed E-state index contributed by atoms with van der Waals surface area (Å²) in [5.41, 5.74) is 0. The van der Waals surface area contributed by atoms with E-state index < -0.39 is 17.9 Å². The van der Waals surface area contributed by atoms with Crippen LogP contribution in [0.4, 0.5) is 0 Å². The monoisotopic (exact) mass is 363 g/mol. The maximum Gasteiger partial charge on any atom is 0.326 e. The summed E-state index contributed by atoms with van der Waals surface area (Å²) in [4.78, 5) is 23.5. The second-order valence-corrected chi connectivity index (χ2v) is 7.14. The van der Waals surface area contributed by atoms with Crippen molar-refractivity contribution in [3.8, 4) is 0 Å². The van der Waals surface area contributed by atoms with Gasteiger partial charge in [0.2, 0.25) is 5.91 Å². The molecule has 2 N–H and O–H groups in total. The number of nitrogens with one attached hydrogen (secondary N) is 1. The SMILES string of the molecule is CSCC[C@@H](NC(=O)/C=C/c1ccc(Br)s1)C(=O)O. The molecule has 4 nitrogen and oxygen atoms in total. The zero-order valence-electron chi connectivity index (χ0n) is 10.3. The van der Waals surface area contributed by atoms with Gasteiger partial charge in [-0.05, 0) is 52.6 Å². The molecule has 104 valence electrons. The van der Waals surface area contributed by atoms with Gasteiger partial charge in [-0.1, -0.05) is 0 Å². The number of aliphatic carboxylic acids is 1. The Balaban J connectivity index is 2.52. The number of halogens is 1. The fraction of sp³-hybridized carbons (Fsp3) is 0.333. The van der Waals surface area contributed by atoms with E-state index in [2.05, 4.69) is 21.2 Å². The highest BCUT2D eigenvalue weighted by atomic mass is 79.9. The van der Waals surface area contributed by atoms with E-state index in [1.165, 1.54) is 17.4 Å². The van der Waals surface area contributed by atoms with E-state index in [0.717, 1.165) is 8.66 Å². The van der Waals surface area contributed by atoms with Gasteiger partial charge in [0.1, 0.15) is 6.04 Å². The molecule has 1 heterocycles. The Bertz CT molecular complexity index is 473. The Morgan fingerprint density at radius 2 is 2.32 bits per heavy atom. The molecule has 1 aromatic rings. The number of hydrogen-bond acceptors (Lipinski definition) is 4. The largest absolute Gasteiger partial charge is 0.480 e. The highest BCUT2D eigenvalue weighted by Gasteiger charge is 2.17. The molecule has 7 heteroatoms. The fourth-order valence-corrected chi connectivity index (χ4v) is 3.09. The van der Waals surface area contributed by atoms with Gasteiger partial charge in [-0.25, -0.2) is 4.79 Å². The standard InChI is InChI=1S/C12H14BrNO3S2/c1-18-7-6-9(12(16)17)14-11(15)5-3-8-2-4-10(13)19-8/h2-5,9H,6-7H2,1H3,(H,14,15)(H,16,17)/b5-3+/t9-/m1/s1. The first-order valence-electron chi connectivity index (χ1n) is 5.48. The second-order valence-electron chi connectivity index (χ2n) is 3.66. The van der Waals surface area contributed by atoms with Crippen molar-refractivity contribution < 1.29 is 14.7 Å². The van der Waals surface area contributed by atoms with E-state index in [4.69, 9.17) is 5.11 Å².